The van der Waals surface area contributed by atoms with Gasteiger partial charge in [0, 0.05) is 0 Å². The lowest BCUT2D eigenvalue weighted by molar-refractivity contribution is 0.161. The minimum absolute atomic E-state index is 0.146. The highest BCUT2D eigenvalue weighted by atomic mass is 35.5. The lowest BCUT2D eigenvalue weighted by atomic mass is 10.1. The fourth-order valence-corrected chi connectivity index (χ4v) is 1.91. The van der Waals surface area contributed by atoms with Crippen LogP contribution in [0.5, 0.6) is 5.75 Å². The van der Waals surface area contributed by atoms with Gasteiger partial charge < -0.3 is 10.1 Å². The van der Waals surface area contributed by atoms with Crippen molar-refractivity contribution in [2.45, 2.75) is 18.9 Å². The summed E-state index contributed by atoms with van der Waals surface area (Å²) in [6.45, 7) is 1.90. The van der Waals surface area contributed by atoms with Crippen LogP contribution in [0.4, 0.5) is 0 Å². The molecule has 0 bridgehead atoms. The van der Waals surface area contributed by atoms with E-state index in [0.29, 0.717) is 5.75 Å². The van der Waals surface area contributed by atoms with E-state index in [1.807, 2.05) is 0 Å². The third kappa shape index (κ3) is 2.71. The molecule has 15 heavy (non-hydrogen) atoms. The van der Waals surface area contributed by atoms with Crippen LogP contribution in [0.25, 0.3) is 0 Å². The van der Waals surface area contributed by atoms with Crippen molar-refractivity contribution in [1.82, 2.24) is 15.3 Å². The largest absolute Gasteiger partial charge is 0.484 e. The molecule has 0 radical (unpaired) electrons. The lowest BCUT2D eigenvalue weighted by Gasteiger charge is -2.24. The van der Waals surface area contributed by atoms with Crippen LogP contribution in [0.2, 0.25) is 10.3 Å². The molecule has 2 heterocycles. The van der Waals surface area contributed by atoms with Crippen LogP contribution in [0.15, 0.2) is 6.33 Å². The van der Waals surface area contributed by atoms with E-state index in [1.54, 1.807) is 0 Å². The number of halogens is 2. The summed E-state index contributed by atoms with van der Waals surface area (Å²) in [4.78, 5) is 7.67. The summed E-state index contributed by atoms with van der Waals surface area (Å²) >= 11 is 11.7. The highest BCUT2D eigenvalue weighted by Crippen LogP contribution is 2.30. The summed E-state index contributed by atoms with van der Waals surface area (Å²) in [7, 11) is 0. The number of hydrogen-bond donors (Lipinski definition) is 1. The molecule has 1 N–H and O–H groups in total. The molecule has 6 heteroatoms. The van der Waals surface area contributed by atoms with Crippen LogP contribution in [0, 0.1) is 0 Å². The Bertz CT molecular complexity index is 322. The summed E-state index contributed by atoms with van der Waals surface area (Å²) in [5.74, 6) is 0.396. The average Bonchev–Trinajstić information content (AvgIpc) is 2.25. The molecule has 0 unspecified atom stereocenters. The van der Waals surface area contributed by atoms with E-state index < -0.39 is 0 Å². The Morgan fingerprint density at radius 3 is 2.40 bits per heavy atom. The van der Waals surface area contributed by atoms with Gasteiger partial charge in [0.15, 0.2) is 16.1 Å². The maximum atomic E-state index is 5.87. The molecule has 1 saturated heterocycles. The van der Waals surface area contributed by atoms with Gasteiger partial charge in [-0.25, -0.2) is 9.97 Å². The number of aromatic nitrogens is 2. The van der Waals surface area contributed by atoms with Crippen LogP contribution in [-0.2, 0) is 0 Å². The van der Waals surface area contributed by atoms with Gasteiger partial charge >= 0.3 is 0 Å². The standard InChI is InChI=1S/C9H11Cl2N3O/c10-8-7(9(11)14-5-13-8)15-6-1-3-12-4-2-6/h5-6,12H,1-4H2. The molecule has 1 aliphatic heterocycles. The van der Waals surface area contributed by atoms with Gasteiger partial charge in [0.05, 0.1) is 0 Å². The van der Waals surface area contributed by atoms with Gasteiger partial charge in [0.1, 0.15) is 12.4 Å². The van der Waals surface area contributed by atoms with Crippen LogP contribution in [-0.4, -0.2) is 29.2 Å². The van der Waals surface area contributed by atoms with Gasteiger partial charge in [-0.1, -0.05) is 23.2 Å². The lowest BCUT2D eigenvalue weighted by Crippen LogP contribution is -2.34. The van der Waals surface area contributed by atoms with Gasteiger partial charge in [-0.2, -0.15) is 0 Å². The summed E-state index contributed by atoms with van der Waals surface area (Å²) in [6, 6.07) is 0. The highest BCUT2D eigenvalue weighted by molar-refractivity contribution is 6.35. The van der Waals surface area contributed by atoms with Crippen LogP contribution >= 0.6 is 23.2 Å². The Hall–Kier alpha value is -0.580. The minimum atomic E-state index is 0.146. The van der Waals surface area contributed by atoms with E-state index >= 15 is 0 Å². The summed E-state index contributed by atoms with van der Waals surface area (Å²) in [5.41, 5.74) is 0. The summed E-state index contributed by atoms with van der Waals surface area (Å²) in [5, 5.41) is 3.80. The molecule has 0 spiro atoms. The predicted octanol–water partition coefficient (Wildman–Crippen LogP) is 1.91. The third-order valence-corrected chi connectivity index (χ3v) is 2.83. The van der Waals surface area contributed by atoms with Crippen molar-refractivity contribution in [1.29, 1.82) is 0 Å². The zero-order chi connectivity index (χ0) is 10.7. The third-order valence-electron chi connectivity index (χ3n) is 2.29. The molecule has 4 nitrogen and oxygen atoms in total. The van der Waals surface area contributed by atoms with Gasteiger partial charge in [0.25, 0.3) is 0 Å². The maximum Gasteiger partial charge on any atom is 0.194 e. The number of piperidine rings is 1. The van der Waals surface area contributed by atoms with E-state index in [0.717, 1.165) is 25.9 Å². The molecule has 0 aliphatic carbocycles. The molecule has 1 aromatic heterocycles. The van der Waals surface area contributed by atoms with Crippen LogP contribution in [0.3, 0.4) is 0 Å². The molecule has 1 aliphatic rings. The predicted molar refractivity (Wildman–Crippen MR) is 58.6 cm³/mol. The number of nitrogens with zero attached hydrogens (tertiary/aromatic N) is 2. The molecular weight excluding hydrogens is 237 g/mol. The Labute approximate surface area is 98.0 Å². The smallest absolute Gasteiger partial charge is 0.194 e. The van der Waals surface area contributed by atoms with Crippen molar-refractivity contribution in [3.05, 3.63) is 16.6 Å². The zero-order valence-corrected chi connectivity index (χ0v) is 9.55. The Kier molecular flexibility index (Phi) is 3.61. The van der Waals surface area contributed by atoms with Crippen molar-refractivity contribution in [2.75, 3.05) is 13.1 Å². The van der Waals surface area contributed by atoms with Crippen molar-refractivity contribution < 1.29 is 4.74 Å². The zero-order valence-electron chi connectivity index (χ0n) is 8.04. The fourth-order valence-electron chi connectivity index (χ4n) is 1.51. The Balaban J connectivity index is 2.09. The van der Waals surface area contributed by atoms with Gasteiger partial charge in [0.2, 0.25) is 0 Å². The van der Waals surface area contributed by atoms with Crippen molar-refractivity contribution in [2.24, 2.45) is 0 Å². The number of nitrogens with one attached hydrogen (secondary N) is 1. The SMILES string of the molecule is Clc1ncnc(Cl)c1OC1CCNCC1. The Morgan fingerprint density at radius 2 is 1.80 bits per heavy atom. The van der Waals surface area contributed by atoms with Crippen molar-refractivity contribution in [3.63, 3.8) is 0 Å². The first-order chi connectivity index (χ1) is 7.27. The van der Waals surface area contributed by atoms with Gasteiger partial charge in [-0.15, -0.1) is 0 Å². The number of hydrogen-bond acceptors (Lipinski definition) is 4. The molecule has 1 fully saturated rings. The van der Waals surface area contributed by atoms with Gasteiger partial charge in [-0.05, 0) is 25.9 Å². The fraction of sp³-hybridized carbons (Fsp3) is 0.556. The molecule has 0 atom stereocenters. The molecule has 0 amide bonds. The Morgan fingerprint density at radius 1 is 1.20 bits per heavy atom. The quantitative estimate of drug-likeness (QED) is 0.812. The minimum Gasteiger partial charge on any atom is -0.484 e. The van der Waals surface area contributed by atoms with E-state index in [-0.39, 0.29) is 16.4 Å². The van der Waals surface area contributed by atoms with Crippen molar-refractivity contribution >= 4 is 23.2 Å². The first-order valence-corrected chi connectivity index (χ1v) is 5.56. The van der Waals surface area contributed by atoms with Crippen LogP contribution in [0.1, 0.15) is 12.8 Å². The summed E-state index contributed by atoms with van der Waals surface area (Å²) < 4.78 is 5.69. The first-order valence-electron chi connectivity index (χ1n) is 4.81. The van der Waals surface area contributed by atoms with E-state index in [2.05, 4.69) is 15.3 Å². The normalized spacial score (nSPS) is 17.7. The monoisotopic (exact) mass is 247 g/mol. The van der Waals surface area contributed by atoms with Gasteiger partial charge in [-0.3, -0.25) is 0 Å². The average molecular weight is 248 g/mol. The molecule has 0 aromatic carbocycles. The summed E-state index contributed by atoms with van der Waals surface area (Å²) in [6.07, 6.45) is 3.36. The molecule has 0 saturated carbocycles. The van der Waals surface area contributed by atoms with Crippen molar-refractivity contribution in [3.8, 4) is 5.75 Å². The molecule has 2 rings (SSSR count). The molecule has 1 aromatic rings. The second-order valence-corrected chi connectivity index (χ2v) is 4.07. The number of rotatable bonds is 2. The maximum absolute atomic E-state index is 5.87. The number of ether oxygens (including phenoxy) is 1. The van der Waals surface area contributed by atoms with E-state index in [4.69, 9.17) is 27.9 Å². The second-order valence-electron chi connectivity index (χ2n) is 3.35. The highest BCUT2D eigenvalue weighted by Gasteiger charge is 2.18. The topological polar surface area (TPSA) is 47.0 Å². The molecule has 82 valence electrons. The van der Waals surface area contributed by atoms with E-state index in [1.165, 1.54) is 6.33 Å². The second kappa shape index (κ2) is 4.96. The molecular formula is C9H11Cl2N3O. The van der Waals surface area contributed by atoms with E-state index in [9.17, 15) is 0 Å². The first kappa shape index (κ1) is 10.9. The van der Waals surface area contributed by atoms with Crippen LogP contribution < -0.4 is 10.1 Å².